The minimum atomic E-state index is -0.0890. The Morgan fingerprint density at radius 3 is 2.50 bits per heavy atom. The minimum Gasteiger partial charge on any atom is -0.348 e. The lowest BCUT2D eigenvalue weighted by Gasteiger charge is -2.34. The molecule has 2 amide bonds. The summed E-state index contributed by atoms with van der Waals surface area (Å²) in [6.45, 7) is 7.42. The van der Waals surface area contributed by atoms with Crippen LogP contribution >= 0.6 is 22.7 Å². The molecule has 0 saturated carbocycles. The summed E-state index contributed by atoms with van der Waals surface area (Å²) >= 11 is 3.32. The third-order valence-electron chi connectivity index (χ3n) is 7.80. The molecule has 6 heteroatoms. The first-order valence-corrected chi connectivity index (χ1v) is 14.9. The molecule has 0 unspecified atom stereocenters. The van der Waals surface area contributed by atoms with Crippen LogP contribution < -0.4 is 10.6 Å². The van der Waals surface area contributed by atoms with Crippen molar-refractivity contribution in [3.8, 4) is 0 Å². The van der Waals surface area contributed by atoms with Gasteiger partial charge in [-0.2, -0.15) is 0 Å². The Hall–Kier alpha value is -2.44. The standard InChI is InChI=1S/C30H36N2O2S2/c1-30(2,3)20-14-15-21-23(18-35-25(21)16-20)27(33)32-29-26(22-12-8-5-9-13-24(22)36-29)28(34)31-17-19-10-6-4-7-11-19/h4,6-7,10-11,18,20H,5,8-9,12-17H2,1-3H3,(H,31,34)(H,32,33)/t20-/m0/s1. The number of hydrogen-bond donors (Lipinski definition) is 2. The van der Waals surface area contributed by atoms with Gasteiger partial charge in [-0.05, 0) is 73.0 Å². The summed E-state index contributed by atoms with van der Waals surface area (Å²) in [6, 6.07) is 9.97. The van der Waals surface area contributed by atoms with Crippen molar-refractivity contribution < 1.29 is 9.59 Å². The zero-order valence-corrected chi connectivity index (χ0v) is 23.2. The van der Waals surface area contributed by atoms with Crippen molar-refractivity contribution in [1.29, 1.82) is 0 Å². The zero-order chi connectivity index (χ0) is 25.3. The number of benzene rings is 1. The number of fused-ring (bicyclic) bond motifs is 2. The molecule has 2 heterocycles. The van der Waals surface area contributed by atoms with Gasteiger partial charge in [0.15, 0.2) is 0 Å². The summed E-state index contributed by atoms with van der Waals surface area (Å²) in [6.07, 6.45) is 8.42. The van der Waals surface area contributed by atoms with E-state index in [4.69, 9.17) is 0 Å². The van der Waals surface area contributed by atoms with Crippen LogP contribution in [0, 0.1) is 11.3 Å². The first-order chi connectivity index (χ1) is 17.3. The van der Waals surface area contributed by atoms with Gasteiger partial charge in [0.1, 0.15) is 5.00 Å². The van der Waals surface area contributed by atoms with E-state index in [9.17, 15) is 9.59 Å². The summed E-state index contributed by atoms with van der Waals surface area (Å²) in [5, 5.41) is 9.03. The SMILES string of the molecule is CC(C)(C)[C@H]1CCc2c(C(=O)Nc3sc4c(c3C(=O)NCc3ccccc3)CCCCC4)csc2C1. The van der Waals surface area contributed by atoms with Gasteiger partial charge < -0.3 is 10.6 Å². The maximum absolute atomic E-state index is 13.5. The molecule has 0 aliphatic heterocycles. The van der Waals surface area contributed by atoms with Crippen LogP contribution in [-0.4, -0.2) is 11.8 Å². The lowest BCUT2D eigenvalue weighted by molar-refractivity contribution is 0.0951. The van der Waals surface area contributed by atoms with E-state index in [1.807, 2.05) is 35.7 Å². The number of aryl methyl sites for hydroxylation is 1. The fourth-order valence-electron chi connectivity index (χ4n) is 5.55. The number of nitrogens with one attached hydrogen (secondary N) is 2. The molecule has 4 nitrogen and oxygen atoms in total. The molecule has 2 aliphatic carbocycles. The highest BCUT2D eigenvalue weighted by atomic mass is 32.1. The third kappa shape index (κ3) is 5.30. The van der Waals surface area contributed by atoms with E-state index >= 15 is 0 Å². The number of anilines is 1. The molecule has 5 rings (SSSR count). The fourth-order valence-corrected chi connectivity index (χ4v) is 7.99. The van der Waals surface area contributed by atoms with Crippen LogP contribution in [0.1, 0.15) is 93.6 Å². The first kappa shape index (κ1) is 25.2. The number of rotatable bonds is 5. The Kier molecular flexibility index (Phi) is 7.36. The average Bonchev–Trinajstić information content (AvgIpc) is 3.35. The van der Waals surface area contributed by atoms with Gasteiger partial charge in [0.2, 0.25) is 0 Å². The van der Waals surface area contributed by atoms with Crippen molar-refractivity contribution in [3.63, 3.8) is 0 Å². The Bertz CT molecular complexity index is 1250. The molecule has 1 atom stereocenters. The van der Waals surface area contributed by atoms with Crippen molar-refractivity contribution in [2.45, 2.75) is 78.7 Å². The Morgan fingerprint density at radius 1 is 0.944 bits per heavy atom. The van der Waals surface area contributed by atoms with Crippen molar-refractivity contribution >= 4 is 39.5 Å². The Balaban J connectivity index is 1.38. The van der Waals surface area contributed by atoms with Crippen molar-refractivity contribution in [2.24, 2.45) is 11.3 Å². The van der Waals surface area contributed by atoms with E-state index in [1.54, 1.807) is 22.7 Å². The molecule has 3 aromatic rings. The minimum absolute atomic E-state index is 0.0739. The molecule has 36 heavy (non-hydrogen) atoms. The number of thiophene rings is 2. The first-order valence-electron chi connectivity index (χ1n) is 13.2. The van der Waals surface area contributed by atoms with Crippen molar-refractivity contribution in [1.82, 2.24) is 5.32 Å². The predicted molar refractivity (Wildman–Crippen MR) is 150 cm³/mol. The van der Waals surface area contributed by atoms with Crippen LogP contribution in [-0.2, 0) is 32.2 Å². The van der Waals surface area contributed by atoms with Crippen LogP contribution in [0.15, 0.2) is 35.7 Å². The van der Waals surface area contributed by atoms with E-state index in [0.717, 1.165) is 61.6 Å². The van der Waals surface area contributed by atoms with Gasteiger partial charge in [-0.25, -0.2) is 0 Å². The molecule has 0 spiro atoms. The quantitative estimate of drug-likeness (QED) is 0.344. The van der Waals surface area contributed by atoms with Gasteiger partial charge in [0, 0.05) is 21.7 Å². The average molecular weight is 521 g/mol. The summed E-state index contributed by atoms with van der Waals surface area (Å²) in [5.41, 5.74) is 5.17. The molecule has 2 aliphatic rings. The number of amides is 2. The molecule has 1 aromatic carbocycles. The van der Waals surface area contributed by atoms with E-state index in [1.165, 1.54) is 21.7 Å². The second-order valence-electron chi connectivity index (χ2n) is 11.2. The van der Waals surface area contributed by atoms with Gasteiger partial charge in [-0.1, -0.05) is 57.5 Å². The van der Waals surface area contributed by atoms with Crippen LogP contribution in [0.2, 0.25) is 0 Å². The predicted octanol–water partition coefficient (Wildman–Crippen LogP) is 7.41. The fraction of sp³-hybridized carbons (Fsp3) is 0.467. The summed E-state index contributed by atoms with van der Waals surface area (Å²) < 4.78 is 0. The number of carbonyl (C=O) groups excluding carboxylic acids is 2. The molecule has 190 valence electrons. The van der Waals surface area contributed by atoms with E-state index in [0.29, 0.717) is 23.0 Å². The highest BCUT2D eigenvalue weighted by Crippen LogP contribution is 2.42. The number of carbonyl (C=O) groups is 2. The molecule has 0 fully saturated rings. The zero-order valence-electron chi connectivity index (χ0n) is 21.5. The topological polar surface area (TPSA) is 58.2 Å². The van der Waals surface area contributed by atoms with Crippen LogP contribution in [0.5, 0.6) is 0 Å². The van der Waals surface area contributed by atoms with Gasteiger partial charge >= 0.3 is 0 Å². The second-order valence-corrected chi connectivity index (χ2v) is 13.3. The maximum Gasteiger partial charge on any atom is 0.257 e. The van der Waals surface area contributed by atoms with Gasteiger partial charge in [0.25, 0.3) is 11.8 Å². The summed E-state index contributed by atoms with van der Waals surface area (Å²) in [4.78, 5) is 29.6. The van der Waals surface area contributed by atoms with E-state index in [-0.39, 0.29) is 17.2 Å². The Labute approximate surface area is 222 Å². The lowest BCUT2D eigenvalue weighted by Crippen LogP contribution is -2.27. The monoisotopic (exact) mass is 520 g/mol. The van der Waals surface area contributed by atoms with Crippen molar-refractivity contribution in [2.75, 3.05) is 5.32 Å². The normalized spacial score (nSPS) is 17.6. The largest absolute Gasteiger partial charge is 0.348 e. The summed E-state index contributed by atoms with van der Waals surface area (Å²) in [5.74, 6) is 0.483. The number of hydrogen-bond acceptors (Lipinski definition) is 4. The van der Waals surface area contributed by atoms with E-state index < -0.39 is 0 Å². The highest BCUT2D eigenvalue weighted by Gasteiger charge is 2.32. The van der Waals surface area contributed by atoms with Gasteiger partial charge in [-0.3, -0.25) is 9.59 Å². The molecule has 0 saturated heterocycles. The molecule has 2 aromatic heterocycles. The van der Waals surface area contributed by atoms with Crippen molar-refractivity contribution in [3.05, 3.63) is 73.3 Å². The molecule has 0 bridgehead atoms. The van der Waals surface area contributed by atoms with Gasteiger partial charge in [-0.15, -0.1) is 22.7 Å². The Morgan fingerprint density at radius 2 is 1.72 bits per heavy atom. The molecule has 0 radical (unpaired) electrons. The highest BCUT2D eigenvalue weighted by molar-refractivity contribution is 7.17. The smallest absolute Gasteiger partial charge is 0.257 e. The molecule has 2 N–H and O–H groups in total. The van der Waals surface area contributed by atoms with Crippen LogP contribution in [0.3, 0.4) is 0 Å². The molecular weight excluding hydrogens is 484 g/mol. The van der Waals surface area contributed by atoms with Gasteiger partial charge in [0.05, 0.1) is 11.1 Å². The maximum atomic E-state index is 13.5. The second kappa shape index (κ2) is 10.5. The van der Waals surface area contributed by atoms with Crippen LogP contribution in [0.4, 0.5) is 5.00 Å². The van der Waals surface area contributed by atoms with E-state index in [2.05, 4.69) is 31.4 Å². The molecular formula is C30H36N2O2S2. The summed E-state index contributed by atoms with van der Waals surface area (Å²) in [7, 11) is 0. The van der Waals surface area contributed by atoms with Crippen LogP contribution in [0.25, 0.3) is 0 Å². The lowest BCUT2D eigenvalue weighted by atomic mass is 9.72. The third-order valence-corrected chi connectivity index (χ3v) is 10.1.